The van der Waals surface area contributed by atoms with Gasteiger partial charge >= 0.3 is 0 Å². The minimum atomic E-state index is -0.252. The van der Waals surface area contributed by atoms with Gasteiger partial charge < -0.3 is 24.7 Å². The number of aryl methyl sites for hydroxylation is 2. The van der Waals surface area contributed by atoms with E-state index < -0.39 is 0 Å². The van der Waals surface area contributed by atoms with Crippen molar-refractivity contribution in [2.24, 2.45) is 0 Å². The van der Waals surface area contributed by atoms with Gasteiger partial charge in [0.15, 0.2) is 0 Å². The van der Waals surface area contributed by atoms with Gasteiger partial charge in [-0.3, -0.25) is 19.5 Å². The Hall–Kier alpha value is -3.53. The molecular formula is C37H51N5O4. The highest BCUT2D eigenvalue weighted by atomic mass is 16.5. The Labute approximate surface area is 273 Å². The molecule has 0 spiro atoms. The van der Waals surface area contributed by atoms with Gasteiger partial charge in [0.2, 0.25) is 0 Å². The summed E-state index contributed by atoms with van der Waals surface area (Å²) in [6.07, 6.45) is 4.83. The molecule has 9 heteroatoms. The fourth-order valence-electron chi connectivity index (χ4n) is 7.13. The molecule has 2 saturated heterocycles. The summed E-state index contributed by atoms with van der Waals surface area (Å²) in [5, 5.41) is 3.05. The lowest BCUT2D eigenvalue weighted by atomic mass is 9.92. The molecule has 2 fully saturated rings. The highest BCUT2D eigenvalue weighted by molar-refractivity contribution is 5.99. The number of ether oxygens (including phenoxy) is 2. The number of hydrogen-bond donors (Lipinski definition) is 2. The van der Waals surface area contributed by atoms with E-state index in [9.17, 15) is 9.59 Å². The van der Waals surface area contributed by atoms with Gasteiger partial charge in [0.05, 0.1) is 24.4 Å². The van der Waals surface area contributed by atoms with E-state index in [0.29, 0.717) is 23.2 Å². The molecule has 248 valence electrons. The van der Waals surface area contributed by atoms with Crippen molar-refractivity contribution in [1.82, 2.24) is 20.2 Å². The highest BCUT2D eigenvalue weighted by Gasteiger charge is 2.35. The van der Waals surface area contributed by atoms with Crippen LogP contribution in [0.3, 0.4) is 0 Å². The number of morpholine rings is 1. The quantitative estimate of drug-likeness (QED) is 0.299. The highest BCUT2D eigenvalue weighted by Crippen LogP contribution is 2.35. The third-order valence-electron chi connectivity index (χ3n) is 9.76. The molecule has 2 aliphatic rings. The maximum absolute atomic E-state index is 13.9. The minimum Gasteiger partial charge on any atom is -0.381 e. The zero-order valence-electron chi connectivity index (χ0n) is 28.7. The SMILES string of the molecule is CCCN(c1cc(-c2ccc(C(C)(C)N3CCOCC3C)nc2)cc(C(=O)NCc2c(C)cc(C)[nH]c2=O)c1C)C1CCOCC1. The van der Waals surface area contributed by atoms with E-state index in [2.05, 4.69) is 66.0 Å². The van der Waals surface area contributed by atoms with E-state index in [1.165, 1.54) is 0 Å². The predicted molar refractivity (Wildman–Crippen MR) is 184 cm³/mol. The Bertz CT molecular complexity index is 1580. The second-order valence-electron chi connectivity index (χ2n) is 13.4. The van der Waals surface area contributed by atoms with Crippen molar-refractivity contribution in [2.45, 2.75) is 91.9 Å². The van der Waals surface area contributed by atoms with Gasteiger partial charge in [0.1, 0.15) is 0 Å². The van der Waals surface area contributed by atoms with Crippen molar-refractivity contribution in [3.05, 3.63) is 80.5 Å². The first kappa shape index (κ1) is 33.8. The van der Waals surface area contributed by atoms with Crippen LogP contribution >= 0.6 is 0 Å². The molecule has 3 aromatic rings. The number of nitrogens with one attached hydrogen (secondary N) is 2. The maximum atomic E-state index is 13.9. The minimum absolute atomic E-state index is 0.156. The number of anilines is 1. The van der Waals surface area contributed by atoms with Gasteiger partial charge in [-0.2, -0.15) is 0 Å². The lowest BCUT2D eigenvalue weighted by Crippen LogP contribution is -2.53. The number of benzene rings is 1. The molecule has 1 amide bonds. The number of H-pyrrole nitrogens is 1. The molecule has 0 bridgehead atoms. The molecule has 5 rings (SSSR count). The molecule has 0 aliphatic carbocycles. The smallest absolute Gasteiger partial charge is 0.253 e. The Kier molecular flexibility index (Phi) is 10.7. The largest absolute Gasteiger partial charge is 0.381 e. The van der Waals surface area contributed by atoms with Crippen LogP contribution in [0.5, 0.6) is 0 Å². The molecule has 1 aromatic carbocycles. The van der Waals surface area contributed by atoms with Gasteiger partial charge in [0, 0.05) is 79.2 Å². The normalized spacial score (nSPS) is 18.0. The van der Waals surface area contributed by atoms with Crippen LogP contribution in [0.4, 0.5) is 5.69 Å². The molecule has 1 unspecified atom stereocenters. The fourth-order valence-corrected chi connectivity index (χ4v) is 7.13. The monoisotopic (exact) mass is 629 g/mol. The van der Waals surface area contributed by atoms with E-state index >= 15 is 0 Å². The second kappa shape index (κ2) is 14.5. The summed E-state index contributed by atoms with van der Waals surface area (Å²) in [6, 6.07) is 11.0. The molecule has 2 aromatic heterocycles. The third kappa shape index (κ3) is 7.22. The van der Waals surface area contributed by atoms with Crippen LogP contribution in [0.2, 0.25) is 0 Å². The number of carbonyl (C=O) groups excluding carboxylic acids is 1. The first-order valence-electron chi connectivity index (χ1n) is 16.8. The molecule has 2 N–H and O–H groups in total. The number of rotatable bonds is 10. The molecule has 46 heavy (non-hydrogen) atoms. The predicted octanol–water partition coefficient (Wildman–Crippen LogP) is 5.64. The number of pyridine rings is 2. The van der Waals surface area contributed by atoms with Gasteiger partial charge in [-0.25, -0.2) is 0 Å². The van der Waals surface area contributed by atoms with E-state index in [1.807, 2.05) is 39.1 Å². The molecule has 2 aliphatic heterocycles. The van der Waals surface area contributed by atoms with Gasteiger partial charge in [0.25, 0.3) is 11.5 Å². The van der Waals surface area contributed by atoms with Crippen molar-refractivity contribution in [1.29, 1.82) is 0 Å². The maximum Gasteiger partial charge on any atom is 0.253 e. The summed E-state index contributed by atoms with van der Waals surface area (Å²) in [6.45, 7) is 19.5. The Morgan fingerprint density at radius 2 is 1.85 bits per heavy atom. The number of aromatic nitrogens is 2. The lowest BCUT2D eigenvalue weighted by Gasteiger charge is -2.44. The van der Waals surface area contributed by atoms with Crippen LogP contribution < -0.4 is 15.8 Å². The van der Waals surface area contributed by atoms with Crippen LogP contribution in [0, 0.1) is 20.8 Å². The number of carbonyl (C=O) groups is 1. The number of hydrogen-bond acceptors (Lipinski definition) is 7. The molecule has 4 heterocycles. The summed E-state index contributed by atoms with van der Waals surface area (Å²) in [4.78, 5) is 39.4. The van der Waals surface area contributed by atoms with E-state index in [0.717, 1.165) is 98.1 Å². The van der Waals surface area contributed by atoms with Crippen molar-refractivity contribution < 1.29 is 14.3 Å². The van der Waals surface area contributed by atoms with Crippen molar-refractivity contribution in [3.63, 3.8) is 0 Å². The topological polar surface area (TPSA) is 99.8 Å². The molecule has 0 radical (unpaired) electrons. The van der Waals surface area contributed by atoms with Crippen molar-refractivity contribution in [3.8, 4) is 11.1 Å². The first-order chi connectivity index (χ1) is 22.0. The summed E-state index contributed by atoms with van der Waals surface area (Å²) >= 11 is 0. The average molecular weight is 630 g/mol. The van der Waals surface area contributed by atoms with E-state index in [4.69, 9.17) is 14.5 Å². The summed E-state index contributed by atoms with van der Waals surface area (Å²) in [5.41, 5.74) is 7.32. The van der Waals surface area contributed by atoms with Gasteiger partial charge in [-0.15, -0.1) is 0 Å². The summed E-state index contributed by atoms with van der Waals surface area (Å²) in [7, 11) is 0. The fraction of sp³-hybridized carbons (Fsp3) is 0.541. The molecular weight excluding hydrogens is 578 g/mol. The summed E-state index contributed by atoms with van der Waals surface area (Å²) < 4.78 is 11.4. The standard InChI is InChI=1S/C37H51N5O4/c1-8-13-41(30-11-15-45-16-12-30)33-20-29(28-9-10-34(38-21-28)37(6,7)42-14-17-46-23-26(42)4)19-31(27(33)5)35(43)39-22-32-24(2)18-25(3)40-36(32)44/h9-10,18-21,26,30H,8,11-17,22-23H2,1-7H3,(H,39,43)(H,40,44). The van der Waals surface area contributed by atoms with Crippen molar-refractivity contribution >= 4 is 11.6 Å². The number of aromatic amines is 1. The van der Waals surface area contributed by atoms with Gasteiger partial charge in [-0.05, 0) is 102 Å². The van der Waals surface area contributed by atoms with Crippen LogP contribution in [0.15, 0.2) is 41.3 Å². The van der Waals surface area contributed by atoms with E-state index in [1.54, 1.807) is 0 Å². The third-order valence-corrected chi connectivity index (χ3v) is 9.76. The van der Waals surface area contributed by atoms with Crippen LogP contribution in [0.25, 0.3) is 11.1 Å². The zero-order chi connectivity index (χ0) is 33.0. The van der Waals surface area contributed by atoms with Crippen LogP contribution in [0.1, 0.15) is 85.4 Å². The zero-order valence-corrected chi connectivity index (χ0v) is 28.7. The number of amides is 1. The Morgan fingerprint density at radius 3 is 2.50 bits per heavy atom. The molecule has 1 atom stereocenters. The second-order valence-corrected chi connectivity index (χ2v) is 13.4. The van der Waals surface area contributed by atoms with E-state index in [-0.39, 0.29) is 23.6 Å². The summed E-state index contributed by atoms with van der Waals surface area (Å²) in [5.74, 6) is -0.199. The first-order valence-corrected chi connectivity index (χ1v) is 16.8. The average Bonchev–Trinajstić information content (AvgIpc) is 3.04. The molecule has 9 nitrogen and oxygen atoms in total. The lowest BCUT2D eigenvalue weighted by molar-refractivity contribution is -0.0512. The van der Waals surface area contributed by atoms with Crippen LogP contribution in [-0.2, 0) is 21.6 Å². The Balaban J connectivity index is 1.52. The van der Waals surface area contributed by atoms with Gasteiger partial charge in [-0.1, -0.05) is 13.0 Å². The molecule has 0 saturated carbocycles. The van der Waals surface area contributed by atoms with Crippen LogP contribution in [-0.4, -0.2) is 72.4 Å². The van der Waals surface area contributed by atoms with Crippen molar-refractivity contribution in [2.75, 3.05) is 44.4 Å². The number of nitrogens with zero attached hydrogens (tertiary/aromatic N) is 3. The Morgan fingerprint density at radius 1 is 1.09 bits per heavy atom.